The second-order valence-electron chi connectivity index (χ2n) is 5.91. The van der Waals surface area contributed by atoms with Crippen LogP contribution in [0, 0.1) is 5.82 Å². The molecular formula is C18H19FN2O2S. The summed E-state index contributed by atoms with van der Waals surface area (Å²) in [6.07, 6.45) is 3.99. The number of nitrogens with one attached hydrogen (secondary N) is 2. The second-order valence-corrected chi connectivity index (χ2v) is 7.01. The summed E-state index contributed by atoms with van der Waals surface area (Å²) >= 11 is 1.50. The lowest BCUT2D eigenvalue weighted by molar-refractivity contribution is -0.114. The van der Waals surface area contributed by atoms with Gasteiger partial charge in [0.15, 0.2) is 0 Å². The lowest BCUT2D eigenvalue weighted by atomic mass is 9.95. The minimum atomic E-state index is -0.301. The van der Waals surface area contributed by atoms with Crippen molar-refractivity contribution in [3.05, 3.63) is 51.7 Å². The third-order valence-electron chi connectivity index (χ3n) is 4.05. The summed E-state index contributed by atoms with van der Waals surface area (Å²) in [7, 11) is 0. The lowest BCUT2D eigenvalue weighted by Crippen LogP contribution is -2.25. The number of carbonyl (C=O) groups is 2. The van der Waals surface area contributed by atoms with Gasteiger partial charge in [-0.25, -0.2) is 4.39 Å². The zero-order valence-electron chi connectivity index (χ0n) is 13.4. The number of aryl methyl sites for hydroxylation is 1. The van der Waals surface area contributed by atoms with E-state index in [1.54, 1.807) is 12.1 Å². The van der Waals surface area contributed by atoms with E-state index in [1.165, 1.54) is 35.3 Å². The molecule has 1 aromatic heterocycles. The number of hydrogen-bond donors (Lipinski definition) is 2. The van der Waals surface area contributed by atoms with Gasteiger partial charge in [-0.15, -0.1) is 11.3 Å². The Labute approximate surface area is 144 Å². The van der Waals surface area contributed by atoms with Crippen LogP contribution in [0.25, 0.3) is 0 Å². The van der Waals surface area contributed by atoms with Crippen molar-refractivity contribution in [1.29, 1.82) is 0 Å². The molecule has 0 fully saturated rings. The molecule has 0 aliphatic heterocycles. The predicted octanol–water partition coefficient (Wildman–Crippen LogP) is 3.65. The molecule has 24 heavy (non-hydrogen) atoms. The Morgan fingerprint density at radius 2 is 1.88 bits per heavy atom. The fourth-order valence-electron chi connectivity index (χ4n) is 2.93. The molecule has 2 N–H and O–H groups in total. The number of carbonyl (C=O) groups excluding carboxylic acids is 2. The van der Waals surface area contributed by atoms with E-state index in [0.717, 1.165) is 36.8 Å². The van der Waals surface area contributed by atoms with Crippen molar-refractivity contribution in [2.24, 2.45) is 0 Å². The third kappa shape index (κ3) is 3.64. The summed E-state index contributed by atoms with van der Waals surface area (Å²) < 4.78 is 12.9. The van der Waals surface area contributed by atoms with Gasteiger partial charge >= 0.3 is 0 Å². The van der Waals surface area contributed by atoms with Gasteiger partial charge in [0.05, 0.1) is 5.56 Å². The lowest BCUT2D eigenvalue weighted by Gasteiger charge is -2.13. The summed E-state index contributed by atoms with van der Waals surface area (Å²) in [4.78, 5) is 25.3. The highest BCUT2D eigenvalue weighted by atomic mass is 32.1. The zero-order valence-corrected chi connectivity index (χ0v) is 14.3. The van der Waals surface area contributed by atoms with Crippen molar-refractivity contribution >= 4 is 28.2 Å². The maximum absolute atomic E-state index is 12.9. The molecule has 2 aromatic rings. The molecule has 0 radical (unpaired) electrons. The molecule has 1 aromatic carbocycles. The highest BCUT2D eigenvalue weighted by Gasteiger charge is 2.25. The highest BCUT2D eigenvalue weighted by Crippen LogP contribution is 2.38. The molecule has 1 heterocycles. The standard InChI is InChI=1S/C18H19FN2O2S/c1-11(22)21-18-16(14-4-2-3-5-15(14)24-18)17(23)20-10-12-6-8-13(19)9-7-12/h6-9H,2-5,10H2,1H3,(H,20,23)(H,21,22). The van der Waals surface area contributed by atoms with Gasteiger partial charge in [0.2, 0.25) is 5.91 Å². The number of rotatable bonds is 4. The van der Waals surface area contributed by atoms with E-state index >= 15 is 0 Å². The van der Waals surface area contributed by atoms with Gasteiger partial charge in [-0.2, -0.15) is 0 Å². The number of benzene rings is 1. The summed E-state index contributed by atoms with van der Waals surface area (Å²) in [6, 6.07) is 6.04. The quantitative estimate of drug-likeness (QED) is 0.888. The van der Waals surface area contributed by atoms with Crippen molar-refractivity contribution in [1.82, 2.24) is 5.32 Å². The normalized spacial score (nSPS) is 13.2. The Hall–Kier alpha value is -2.21. The first kappa shape index (κ1) is 16.6. The Morgan fingerprint density at radius 3 is 2.58 bits per heavy atom. The van der Waals surface area contributed by atoms with Gasteiger partial charge in [0, 0.05) is 18.3 Å². The van der Waals surface area contributed by atoms with Crippen LogP contribution in [0.3, 0.4) is 0 Å². The van der Waals surface area contributed by atoms with Gasteiger partial charge in [0.25, 0.3) is 5.91 Å². The highest BCUT2D eigenvalue weighted by molar-refractivity contribution is 7.17. The Kier molecular flexibility index (Phi) is 4.94. The minimum absolute atomic E-state index is 0.179. The van der Waals surface area contributed by atoms with Gasteiger partial charge in [-0.1, -0.05) is 12.1 Å². The number of hydrogen-bond acceptors (Lipinski definition) is 3. The molecule has 1 aliphatic rings. The van der Waals surface area contributed by atoms with Crippen LogP contribution >= 0.6 is 11.3 Å². The van der Waals surface area contributed by atoms with Crippen LogP contribution in [0.2, 0.25) is 0 Å². The van der Waals surface area contributed by atoms with Crippen molar-refractivity contribution in [2.45, 2.75) is 39.2 Å². The molecule has 126 valence electrons. The van der Waals surface area contributed by atoms with E-state index in [9.17, 15) is 14.0 Å². The monoisotopic (exact) mass is 346 g/mol. The van der Waals surface area contributed by atoms with Crippen molar-refractivity contribution in [3.63, 3.8) is 0 Å². The van der Waals surface area contributed by atoms with E-state index in [-0.39, 0.29) is 17.6 Å². The second kappa shape index (κ2) is 7.13. The molecule has 2 amide bonds. The fourth-order valence-corrected chi connectivity index (χ4v) is 4.26. The van der Waals surface area contributed by atoms with E-state index in [2.05, 4.69) is 10.6 Å². The number of amides is 2. The van der Waals surface area contributed by atoms with E-state index in [1.807, 2.05) is 0 Å². The van der Waals surface area contributed by atoms with Crippen LogP contribution < -0.4 is 10.6 Å². The number of thiophene rings is 1. The van der Waals surface area contributed by atoms with Crippen LogP contribution in [0.15, 0.2) is 24.3 Å². The Bertz CT molecular complexity index is 768. The maximum Gasteiger partial charge on any atom is 0.254 e. The van der Waals surface area contributed by atoms with Crippen molar-refractivity contribution in [3.8, 4) is 0 Å². The number of fused-ring (bicyclic) bond motifs is 1. The topological polar surface area (TPSA) is 58.2 Å². The molecule has 0 spiro atoms. The van der Waals surface area contributed by atoms with Crippen LogP contribution in [0.1, 0.15) is 46.1 Å². The van der Waals surface area contributed by atoms with Crippen LogP contribution in [-0.4, -0.2) is 11.8 Å². The first-order chi connectivity index (χ1) is 11.5. The summed E-state index contributed by atoms with van der Waals surface area (Å²) in [5.41, 5.74) is 2.48. The minimum Gasteiger partial charge on any atom is -0.348 e. The SMILES string of the molecule is CC(=O)Nc1sc2c(c1C(=O)NCc1ccc(F)cc1)CCCC2. The molecule has 6 heteroatoms. The first-order valence-electron chi connectivity index (χ1n) is 7.99. The zero-order chi connectivity index (χ0) is 17.1. The van der Waals surface area contributed by atoms with Gasteiger partial charge in [0.1, 0.15) is 10.8 Å². The van der Waals surface area contributed by atoms with Crippen LogP contribution in [0.5, 0.6) is 0 Å². The van der Waals surface area contributed by atoms with Crippen LogP contribution in [-0.2, 0) is 24.2 Å². The average molecular weight is 346 g/mol. The van der Waals surface area contributed by atoms with Crippen molar-refractivity contribution < 1.29 is 14.0 Å². The first-order valence-corrected chi connectivity index (χ1v) is 8.81. The van der Waals surface area contributed by atoms with E-state index in [0.29, 0.717) is 17.1 Å². The Morgan fingerprint density at radius 1 is 1.17 bits per heavy atom. The van der Waals surface area contributed by atoms with E-state index in [4.69, 9.17) is 0 Å². The number of anilines is 1. The average Bonchev–Trinajstić information content (AvgIpc) is 2.91. The predicted molar refractivity (Wildman–Crippen MR) is 92.8 cm³/mol. The Balaban J connectivity index is 1.81. The smallest absolute Gasteiger partial charge is 0.254 e. The van der Waals surface area contributed by atoms with Gasteiger partial charge in [-0.05, 0) is 48.9 Å². The molecule has 0 bridgehead atoms. The maximum atomic E-state index is 12.9. The summed E-state index contributed by atoms with van der Waals surface area (Å²) in [5, 5.41) is 6.30. The fraction of sp³-hybridized carbons (Fsp3) is 0.333. The molecule has 0 saturated heterocycles. The molecular weight excluding hydrogens is 327 g/mol. The third-order valence-corrected chi connectivity index (χ3v) is 5.26. The van der Waals surface area contributed by atoms with Gasteiger partial charge in [-0.3, -0.25) is 9.59 Å². The molecule has 3 rings (SSSR count). The summed E-state index contributed by atoms with van der Waals surface area (Å²) in [6.45, 7) is 1.77. The molecule has 0 unspecified atom stereocenters. The molecule has 0 saturated carbocycles. The molecule has 4 nitrogen and oxygen atoms in total. The van der Waals surface area contributed by atoms with Crippen molar-refractivity contribution in [2.75, 3.05) is 5.32 Å². The number of halogens is 1. The van der Waals surface area contributed by atoms with E-state index < -0.39 is 0 Å². The molecule has 1 aliphatic carbocycles. The van der Waals surface area contributed by atoms with Gasteiger partial charge < -0.3 is 10.6 Å². The molecule has 0 atom stereocenters. The largest absolute Gasteiger partial charge is 0.348 e. The van der Waals surface area contributed by atoms with Crippen LogP contribution in [0.4, 0.5) is 9.39 Å². The summed E-state index contributed by atoms with van der Waals surface area (Å²) in [5.74, 6) is -0.673.